The van der Waals surface area contributed by atoms with Crippen molar-refractivity contribution in [2.45, 2.75) is 45.4 Å². The van der Waals surface area contributed by atoms with Gasteiger partial charge in [-0.15, -0.1) is 10.1 Å². The van der Waals surface area contributed by atoms with Gasteiger partial charge in [-0.2, -0.15) is 0 Å². The molecule has 2 unspecified atom stereocenters. The van der Waals surface area contributed by atoms with E-state index in [-0.39, 0.29) is 42.6 Å². The third-order valence-corrected chi connectivity index (χ3v) is 5.32. The Morgan fingerprint density at radius 1 is 1.09 bits per heavy atom. The third-order valence-electron chi connectivity index (χ3n) is 5.32. The number of unbranched alkanes of at least 4 members (excludes halogenated alkanes) is 3. The van der Waals surface area contributed by atoms with E-state index in [1.54, 1.807) is 19.9 Å². The molecule has 0 saturated heterocycles. The van der Waals surface area contributed by atoms with E-state index >= 15 is 0 Å². The topological polar surface area (TPSA) is 186 Å². The van der Waals surface area contributed by atoms with Crippen LogP contribution in [0.5, 0.6) is 0 Å². The lowest BCUT2D eigenvalue weighted by Gasteiger charge is -2.31. The number of ether oxygens (including phenoxy) is 2. The van der Waals surface area contributed by atoms with Gasteiger partial charge in [0.25, 0.3) is 10.8 Å². The molecule has 0 radical (unpaired) electrons. The van der Waals surface area contributed by atoms with Crippen molar-refractivity contribution in [3.8, 4) is 0 Å². The van der Waals surface area contributed by atoms with Gasteiger partial charge in [-0.05, 0) is 38.7 Å². The van der Waals surface area contributed by atoms with Crippen LogP contribution >= 0.6 is 0 Å². The summed E-state index contributed by atoms with van der Waals surface area (Å²) in [7, 11) is 0. The highest BCUT2D eigenvalue weighted by Gasteiger charge is 2.43. The molecule has 2 N–H and O–H groups in total. The van der Waals surface area contributed by atoms with Gasteiger partial charge < -0.3 is 20.0 Å². The highest BCUT2D eigenvalue weighted by molar-refractivity contribution is 6.06. The summed E-state index contributed by atoms with van der Waals surface area (Å²) in [5, 5.41) is 20.6. The molecule has 0 saturated carbocycles. The fraction of sp³-hybridized carbons (Fsp3) is 0.500. The quantitative estimate of drug-likeness (QED) is 0.186. The maximum atomic E-state index is 13.1. The largest absolute Gasteiger partial charge is 0.465 e. The molecule has 2 atom stereocenters. The number of benzene rings is 1. The Morgan fingerprint density at radius 2 is 1.77 bits per heavy atom. The minimum atomic E-state index is -1.16. The molecule has 0 aliphatic carbocycles. The van der Waals surface area contributed by atoms with E-state index in [2.05, 4.69) is 9.83 Å². The van der Waals surface area contributed by atoms with Crippen LogP contribution in [0.4, 0.5) is 5.69 Å². The van der Waals surface area contributed by atoms with Crippen LogP contribution in [-0.4, -0.2) is 47.6 Å². The predicted octanol–water partition coefficient (Wildman–Crippen LogP) is 2.81. The smallest absolute Gasteiger partial charge is 0.336 e. The number of nitrogens with two attached hydrogens (primary N) is 1. The second-order valence-electron chi connectivity index (χ2n) is 7.70. The molecule has 0 amide bonds. The molecule has 0 aromatic heterocycles. The Labute approximate surface area is 201 Å². The molecule has 1 aliphatic rings. The van der Waals surface area contributed by atoms with Gasteiger partial charge in [0, 0.05) is 18.1 Å². The van der Waals surface area contributed by atoms with E-state index < -0.39 is 33.8 Å². The molecule has 1 heterocycles. The van der Waals surface area contributed by atoms with Crippen LogP contribution in [0.25, 0.3) is 0 Å². The number of non-ortho nitro benzene ring substituents is 1. The van der Waals surface area contributed by atoms with Crippen LogP contribution in [-0.2, 0) is 23.9 Å². The van der Waals surface area contributed by atoms with Gasteiger partial charge >= 0.3 is 11.9 Å². The highest BCUT2D eigenvalue weighted by atomic mass is 16.9. The Hall–Kier alpha value is -4.03. The van der Waals surface area contributed by atoms with Gasteiger partial charge in [-0.1, -0.05) is 18.6 Å². The SMILES string of the molecule is CCOC(=O)C1C(N)=NC(C)=C(C(=O)OCCCCCCO[N+](=O)[O-])C1c1cccc([N+](=O)[O-])c1. The number of rotatable bonds is 13. The lowest BCUT2D eigenvalue weighted by molar-refractivity contribution is -0.757. The summed E-state index contributed by atoms with van der Waals surface area (Å²) in [4.78, 5) is 55.1. The summed E-state index contributed by atoms with van der Waals surface area (Å²) in [6, 6.07) is 5.60. The van der Waals surface area contributed by atoms with Gasteiger partial charge in [0.1, 0.15) is 11.8 Å². The predicted molar refractivity (Wildman–Crippen MR) is 123 cm³/mol. The number of nitro groups is 1. The van der Waals surface area contributed by atoms with E-state index in [0.717, 1.165) is 0 Å². The number of nitro benzene ring substituents is 1. The maximum Gasteiger partial charge on any atom is 0.336 e. The summed E-state index contributed by atoms with van der Waals surface area (Å²) >= 11 is 0. The van der Waals surface area contributed by atoms with Crippen LogP contribution in [0.15, 0.2) is 40.5 Å². The van der Waals surface area contributed by atoms with E-state index in [1.807, 2.05) is 0 Å². The average molecular weight is 492 g/mol. The van der Waals surface area contributed by atoms with Crippen molar-refractivity contribution in [2.24, 2.45) is 16.6 Å². The first-order valence-electron chi connectivity index (χ1n) is 11.1. The minimum Gasteiger partial charge on any atom is -0.465 e. The summed E-state index contributed by atoms with van der Waals surface area (Å²) in [5.41, 5.74) is 6.48. The molecular formula is C22H28N4O9. The summed E-state index contributed by atoms with van der Waals surface area (Å²) in [6.07, 6.45) is 2.29. The normalized spacial score (nSPS) is 17.4. The molecule has 2 rings (SSSR count). The molecular weight excluding hydrogens is 464 g/mol. The van der Waals surface area contributed by atoms with Crippen LogP contribution in [0, 0.1) is 26.1 Å². The molecule has 190 valence electrons. The number of allylic oxidation sites excluding steroid dienone is 1. The molecule has 13 nitrogen and oxygen atoms in total. The van der Waals surface area contributed by atoms with E-state index in [9.17, 15) is 29.8 Å². The highest BCUT2D eigenvalue weighted by Crippen LogP contribution is 2.40. The second-order valence-corrected chi connectivity index (χ2v) is 7.70. The Kier molecular flexibility index (Phi) is 10.1. The van der Waals surface area contributed by atoms with Crippen LogP contribution in [0.2, 0.25) is 0 Å². The number of carbonyl (C=O) groups excluding carboxylic acids is 2. The summed E-state index contributed by atoms with van der Waals surface area (Å²) < 4.78 is 10.6. The second kappa shape index (κ2) is 13.0. The summed E-state index contributed by atoms with van der Waals surface area (Å²) in [6.45, 7) is 3.30. The van der Waals surface area contributed by atoms with Crippen LogP contribution in [0.1, 0.15) is 51.0 Å². The van der Waals surface area contributed by atoms with Crippen molar-refractivity contribution in [1.29, 1.82) is 0 Å². The fourth-order valence-electron chi connectivity index (χ4n) is 3.78. The van der Waals surface area contributed by atoms with Crippen LogP contribution in [0.3, 0.4) is 0 Å². The monoisotopic (exact) mass is 492 g/mol. The number of aliphatic imine (C=N–C) groups is 1. The lowest BCUT2D eigenvalue weighted by atomic mass is 9.77. The fourth-order valence-corrected chi connectivity index (χ4v) is 3.78. The number of carbonyl (C=O) groups is 2. The van der Waals surface area contributed by atoms with Gasteiger partial charge in [-0.25, -0.2) is 9.79 Å². The molecule has 1 aromatic rings. The lowest BCUT2D eigenvalue weighted by Crippen LogP contribution is -2.41. The molecule has 13 heteroatoms. The van der Waals surface area contributed by atoms with Crippen molar-refractivity contribution >= 4 is 23.5 Å². The van der Waals surface area contributed by atoms with Gasteiger partial charge in [-0.3, -0.25) is 14.9 Å². The number of hydrogen-bond donors (Lipinski definition) is 1. The van der Waals surface area contributed by atoms with Gasteiger partial charge in [0.05, 0.1) is 36.0 Å². The van der Waals surface area contributed by atoms with Crippen molar-refractivity contribution in [3.63, 3.8) is 0 Å². The third kappa shape index (κ3) is 7.48. The Balaban J connectivity index is 2.22. The number of amidine groups is 1. The van der Waals surface area contributed by atoms with E-state index in [0.29, 0.717) is 31.2 Å². The van der Waals surface area contributed by atoms with Crippen molar-refractivity contribution in [1.82, 2.24) is 0 Å². The zero-order chi connectivity index (χ0) is 26.0. The number of hydrogen-bond acceptors (Lipinski definition) is 11. The Bertz CT molecular complexity index is 1020. The molecule has 0 spiro atoms. The Morgan fingerprint density at radius 3 is 2.40 bits per heavy atom. The van der Waals surface area contributed by atoms with Crippen molar-refractivity contribution < 1.29 is 33.9 Å². The zero-order valence-electron chi connectivity index (χ0n) is 19.5. The zero-order valence-corrected chi connectivity index (χ0v) is 19.5. The number of nitrogens with zero attached hydrogens (tertiary/aromatic N) is 3. The van der Waals surface area contributed by atoms with Gasteiger partial charge in [0.2, 0.25) is 0 Å². The first kappa shape index (κ1) is 27.2. The molecule has 0 fully saturated rings. The number of esters is 2. The van der Waals surface area contributed by atoms with E-state index in [4.69, 9.17) is 15.2 Å². The van der Waals surface area contributed by atoms with Gasteiger partial charge in [0.15, 0.2) is 0 Å². The standard InChI is InChI=1S/C22H28N4O9/c1-3-33-22(28)19-18(15-9-8-10-16(13-15)25(29)30)17(14(2)24-20(19)23)21(27)34-11-6-4-5-7-12-35-26(31)32/h8-10,13,18-19H,3-7,11-12H2,1-2H3,(H2,23,24). The molecule has 35 heavy (non-hydrogen) atoms. The first-order valence-corrected chi connectivity index (χ1v) is 11.1. The summed E-state index contributed by atoms with van der Waals surface area (Å²) in [5.74, 6) is -3.64. The average Bonchev–Trinajstić information content (AvgIpc) is 2.80. The van der Waals surface area contributed by atoms with Crippen molar-refractivity contribution in [2.75, 3.05) is 19.8 Å². The first-order chi connectivity index (χ1) is 16.7. The van der Waals surface area contributed by atoms with E-state index in [1.165, 1.54) is 18.2 Å². The molecule has 1 aliphatic heterocycles. The molecule has 0 bridgehead atoms. The maximum absolute atomic E-state index is 13.1. The minimum absolute atomic E-state index is 0.00155. The van der Waals surface area contributed by atoms with Crippen LogP contribution < -0.4 is 5.73 Å². The van der Waals surface area contributed by atoms with Crippen molar-refractivity contribution in [3.05, 3.63) is 61.3 Å². The molecule has 1 aromatic carbocycles.